The predicted molar refractivity (Wildman–Crippen MR) is 327 cm³/mol. The number of hydrogen-bond acceptors (Lipinski definition) is 15. The Morgan fingerprint density at radius 1 is 0.905 bits per heavy atom. The van der Waals surface area contributed by atoms with E-state index in [9.17, 15) is 62.5 Å². The van der Waals surface area contributed by atoms with E-state index in [1.54, 1.807) is 48.5 Å². The molecule has 1 unspecified atom stereocenters. The average Bonchev–Trinajstić information content (AvgIpc) is 1.52. The number of phosphoric acid groups is 1. The highest BCUT2D eigenvalue weighted by Crippen LogP contribution is 2.68. The maximum atomic E-state index is 15.8. The molecular formula is C62H66ClF10N7O12PS2-. The molecule has 516 valence electrons. The number of nitrogens with zero attached hydrogens (tertiary/aromatic N) is 6. The van der Waals surface area contributed by atoms with Gasteiger partial charge < -0.3 is 19.1 Å². The zero-order valence-corrected chi connectivity index (χ0v) is 56.4. The van der Waals surface area contributed by atoms with Crippen molar-refractivity contribution >= 4 is 69.2 Å². The maximum absolute atomic E-state index is 15.8. The first-order chi connectivity index (χ1) is 43.6. The maximum Gasteiger partial charge on any atom is 0.530 e. The van der Waals surface area contributed by atoms with Gasteiger partial charge in [0.15, 0.2) is 15.5 Å². The first-order valence-corrected chi connectivity index (χ1v) is 34.0. The van der Waals surface area contributed by atoms with E-state index in [1.165, 1.54) is 52.0 Å². The van der Waals surface area contributed by atoms with E-state index in [2.05, 4.69) is 32.3 Å². The molecular weight excluding hydrogens is 1360 g/mol. The molecule has 3 aromatic carbocycles. The Morgan fingerprint density at radius 3 is 2.09 bits per heavy atom. The van der Waals surface area contributed by atoms with Gasteiger partial charge in [0.1, 0.15) is 52.2 Å². The molecule has 0 radical (unpaired) electrons. The molecule has 1 fully saturated rings. The lowest BCUT2D eigenvalue weighted by Gasteiger charge is -2.33. The Hall–Kier alpha value is -6.94. The van der Waals surface area contributed by atoms with Crippen LogP contribution in [0.15, 0.2) is 60.7 Å². The number of pyridine rings is 1. The quantitative estimate of drug-likeness (QED) is 0.0206. The van der Waals surface area contributed by atoms with Crippen LogP contribution >= 0.6 is 19.4 Å². The van der Waals surface area contributed by atoms with Crippen LogP contribution in [0.3, 0.4) is 0 Å². The number of fused-ring (bicyclic) bond motifs is 4. The van der Waals surface area contributed by atoms with Crippen LogP contribution in [0.5, 0.6) is 5.75 Å². The third-order valence-electron chi connectivity index (χ3n) is 15.2. The van der Waals surface area contributed by atoms with Gasteiger partial charge in [-0.15, -0.1) is 0 Å². The minimum absolute atomic E-state index is 0.0271. The summed E-state index contributed by atoms with van der Waals surface area (Å²) in [6, 6.07) is 9.13. The second-order valence-corrected chi connectivity index (χ2v) is 31.1. The Bertz CT molecular complexity index is 4240. The van der Waals surface area contributed by atoms with E-state index in [0.29, 0.717) is 10.7 Å². The van der Waals surface area contributed by atoms with Crippen molar-refractivity contribution in [1.82, 2.24) is 34.2 Å². The summed E-state index contributed by atoms with van der Waals surface area (Å²) in [4.78, 5) is 47.3. The van der Waals surface area contributed by atoms with E-state index in [4.69, 9.17) is 29.9 Å². The fraction of sp³-hybridized carbons (Fsp3) is 0.484. The third kappa shape index (κ3) is 17.1. The summed E-state index contributed by atoms with van der Waals surface area (Å²) in [5.74, 6) is -7.37. The molecule has 6 aromatic rings. The molecule has 0 spiro atoms. The molecule has 3 heterocycles. The van der Waals surface area contributed by atoms with E-state index in [1.807, 2.05) is 0 Å². The molecule has 2 amide bonds. The Morgan fingerprint density at radius 2 is 1.53 bits per heavy atom. The van der Waals surface area contributed by atoms with E-state index in [0.717, 1.165) is 36.6 Å². The number of benzene rings is 3. The summed E-state index contributed by atoms with van der Waals surface area (Å²) in [5, 5.41) is 9.25. The van der Waals surface area contributed by atoms with Crippen molar-refractivity contribution < 1.29 is 98.3 Å². The van der Waals surface area contributed by atoms with Gasteiger partial charge in [-0.1, -0.05) is 49.6 Å². The number of nitrogens with one attached hydrogen (secondary N) is 1. The average molecular weight is 1420 g/mol. The molecule has 33 heteroatoms. The van der Waals surface area contributed by atoms with Gasteiger partial charge in [-0.2, -0.15) is 45.3 Å². The fourth-order valence-corrected chi connectivity index (χ4v) is 13.7. The van der Waals surface area contributed by atoms with Gasteiger partial charge in [-0.05, 0) is 135 Å². The van der Waals surface area contributed by atoms with Gasteiger partial charge in [0.05, 0.1) is 64.4 Å². The van der Waals surface area contributed by atoms with Crippen LogP contribution < -0.4 is 9.84 Å². The highest BCUT2D eigenvalue weighted by molar-refractivity contribution is 7.92. The standard InChI is InChI=1S/C62H67ClF10N7O12PS2/c1-32(2)90-93(84,91-33(3)4)92-46-15-13-14-35(25-49(83)89-57(5,6)7)52(46)58(8,9)28-48(82)80(94(85)86)29-45-51-43(63)19-18-40(54(51)79(76-45)31-60(66,67)68)39-17-16-38(20-21-59(10,11)95(12,87)88)74-53(39)44(24-34-22-36(64)26-37(65)23-34)75-47(81)30-78-56-50(55(77-78)62(71,72)73)41-27-42(41)61(56,69)70/h13-19,22-23,26,32-33,41-42,44H,24-25,27-31H2,1-12H3,(H,75,81)(H,85,86)/p-1/t41-,42+,44-/m0/s1. The smallest absolute Gasteiger partial charge is 0.530 e. The number of carbonyl (C=O) groups excluding carboxylic acids is 3. The zero-order chi connectivity index (χ0) is 70.8. The molecule has 8 rings (SSSR count). The molecule has 3 aromatic heterocycles. The van der Waals surface area contributed by atoms with Gasteiger partial charge in [0.25, 0.3) is 5.92 Å². The molecule has 0 bridgehead atoms. The van der Waals surface area contributed by atoms with Crippen molar-refractivity contribution in [2.45, 2.75) is 180 Å². The Balaban J connectivity index is 1.28. The van der Waals surface area contributed by atoms with Crippen LogP contribution in [0.25, 0.3) is 22.0 Å². The second kappa shape index (κ2) is 26.8. The Labute approximate surface area is 547 Å². The van der Waals surface area contributed by atoms with Crippen LogP contribution in [-0.4, -0.2) is 98.8 Å². The topological polar surface area (TPSA) is 243 Å². The normalized spacial score (nSPS) is 16.5. The lowest BCUT2D eigenvalue weighted by Crippen LogP contribution is -2.37. The minimum atomic E-state index is -5.25. The van der Waals surface area contributed by atoms with E-state index >= 15 is 17.6 Å². The highest BCUT2D eigenvalue weighted by Gasteiger charge is 2.68. The number of phosphoric ester groups is 1. The molecule has 2 aliphatic carbocycles. The van der Waals surface area contributed by atoms with Gasteiger partial charge in [-0.3, -0.25) is 41.3 Å². The van der Waals surface area contributed by atoms with Crippen LogP contribution in [-0.2, 0) is 104 Å². The second-order valence-electron chi connectivity index (χ2n) is 25.7. The number of halogens is 11. The summed E-state index contributed by atoms with van der Waals surface area (Å²) in [7, 11) is -8.50. The van der Waals surface area contributed by atoms with Crippen molar-refractivity contribution in [3.05, 3.63) is 128 Å². The summed E-state index contributed by atoms with van der Waals surface area (Å²) in [6.07, 6.45) is -13.3. The number of aromatic nitrogens is 5. The molecule has 2 aliphatic rings. The third-order valence-corrected chi connectivity index (χ3v) is 19.9. The monoisotopic (exact) mass is 1420 g/mol. The number of hydrogen-bond donors (Lipinski definition) is 1. The fourth-order valence-electron chi connectivity index (χ4n) is 11.2. The molecule has 0 aliphatic heterocycles. The zero-order valence-electron chi connectivity index (χ0n) is 53.1. The first kappa shape index (κ1) is 73.9. The van der Waals surface area contributed by atoms with Crippen molar-refractivity contribution in [3.63, 3.8) is 0 Å². The number of esters is 1. The number of amides is 2. The number of sulfone groups is 1. The van der Waals surface area contributed by atoms with Crippen LogP contribution in [0, 0.1) is 29.4 Å². The minimum Gasteiger partial charge on any atom is -0.755 e. The number of ether oxygens (including phenoxy) is 1. The van der Waals surface area contributed by atoms with Crippen LogP contribution in [0.2, 0.25) is 5.02 Å². The first-order valence-electron chi connectivity index (χ1n) is 29.3. The molecule has 4 atom stereocenters. The predicted octanol–water partition coefficient (Wildman–Crippen LogP) is 13.0. The van der Waals surface area contributed by atoms with Crippen molar-refractivity contribution in [2.75, 3.05) is 6.26 Å². The summed E-state index contributed by atoms with van der Waals surface area (Å²) < 4.78 is 239. The number of alkyl halides is 8. The van der Waals surface area contributed by atoms with Gasteiger partial charge in [0.2, 0.25) is 11.8 Å². The van der Waals surface area contributed by atoms with Gasteiger partial charge in [-0.25, -0.2) is 26.7 Å². The van der Waals surface area contributed by atoms with Gasteiger partial charge in [0, 0.05) is 57.7 Å². The lowest BCUT2D eigenvalue weighted by molar-refractivity contribution is -0.154. The summed E-state index contributed by atoms with van der Waals surface area (Å²) in [5.41, 5.74) is -8.88. The summed E-state index contributed by atoms with van der Waals surface area (Å²) >= 11 is 3.28. The molecule has 1 saturated carbocycles. The van der Waals surface area contributed by atoms with E-state index in [-0.39, 0.29) is 54.7 Å². The summed E-state index contributed by atoms with van der Waals surface area (Å²) in [6.45, 7) is 12.0. The van der Waals surface area contributed by atoms with Gasteiger partial charge >= 0.3 is 26.1 Å². The molecule has 95 heavy (non-hydrogen) atoms. The Kier molecular flexibility index (Phi) is 20.9. The van der Waals surface area contributed by atoms with Crippen LogP contribution in [0.1, 0.15) is 152 Å². The number of carbonyl (C=O) groups is 3. The van der Waals surface area contributed by atoms with Crippen molar-refractivity contribution in [3.8, 4) is 28.7 Å². The number of rotatable bonds is 23. The molecule has 0 saturated heterocycles. The van der Waals surface area contributed by atoms with E-state index < -0.39 is 206 Å². The van der Waals surface area contributed by atoms with Crippen LogP contribution in [0.4, 0.5) is 43.9 Å². The molecule has 1 N–H and O–H groups in total. The molecule has 19 nitrogen and oxygen atoms in total. The lowest BCUT2D eigenvalue weighted by atomic mass is 9.77. The SMILES string of the molecule is CC(C)OP(=O)(Oc1cccc(CC(=O)OC(C)(C)C)c1C(C)(C)CC(=O)N(Cc1nn(CC(F)(F)F)c2c(-c3ccc(C#CC(C)(C)S(C)(=O)=O)nc3[C@H](Cc3cc(F)cc(F)c3)NC(=O)Cn3nc(C(F)(F)F)c4c3C(F)(F)[C@@H]3C[C@H]43)ccc(Cl)c12)S(=O)[O-])OC(C)C. The highest BCUT2D eigenvalue weighted by atomic mass is 35.5. The van der Waals surface area contributed by atoms with Crippen molar-refractivity contribution in [1.29, 1.82) is 0 Å². The largest absolute Gasteiger partial charge is 0.755 e. The van der Waals surface area contributed by atoms with Crippen molar-refractivity contribution in [2.24, 2.45) is 5.92 Å².